The minimum Gasteiger partial charge on any atom is -0.409 e. The van der Waals surface area contributed by atoms with Crippen molar-refractivity contribution in [3.05, 3.63) is 35.4 Å². The van der Waals surface area contributed by atoms with Gasteiger partial charge in [-0.25, -0.2) is 0 Å². The number of oxime groups is 1. The van der Waals surface area contributed by atoms with Gasteiger partial charge in [0.2, 0.25) is 0 Å². The highest BCUT2D eigenvalue weighted by Crippen LogP contribution is 2.31. The molecule has 0 bridgehead atoms. The van der Waals surface area contributed by atoms with Crippen molar-refractivity contribution >= 4 is 5.84 Å². The topological polar surface area (TPSA) is 61.8 Å². The number of alkyl halides is 3. The molecule has 0 radical (unpaired) electrons. The zero-order chi connectivity index (χ0) is 15.5. The van der Waals surface area contributed by atoms with E-state index in [0.29, 0.717) is 31.1 Å². The van der Waals surface area contributed by atoms with Gasteiger partial charge in [0.25, 0.3) is 0 Å². The molecule has 0 unspecified atom stereocenters. The van der Waals surface area contributed by atoms with Gasteiger partial charge in [-0.2, -0.15) is 13.2 Å². The second-order valence-corrected chi connectivity index (χ2v) is 5.24. The zero-order valence-corrected chi connectivity index (χ0v) is 11.5. The molecule has 0 saturated heterocycles. The Morgan fingerprint density at radius 3 is 2.67 bits per heavy atom. The molecular formula is C14H18F3N3O. The van der Waals surface area contributed by atoms with E-state index in [1.54, 1.807) is 6.07 Å². The van der Waals surface area contributed by atoms with E-state index in [9.17, 15) is 13.2 Å². The summed E-state index contributed by atoms with van der Waals surface area (Å²) in [5.41, 5.74) is 5.43. The first-order valence-electron chi connectivity index (χ1n) is 6.76. The van der Waals surface area contributed by atoms with Gasteiger partial charge in [0.1, 0.15) is 5.84 Å². The minimum atomic E-state index is -4.33. The summed E-state index contributed by atoms with van der Waals surface area (Å²) >= 11 is 0. The SMILES string of the molecule is NC(CCN(Cc1cccc(C(F)(F)F)c1)C1CC1)=NO. The lowest BCUT2D eigenvalue weighted by Crippen LogP contribution is -2.30. The van der Waals surface area contributed by atoms with E-state index < -0.39 is 11.7 Å². The molecule has 7 heteroatoms. The molecule has 0 aliphatic heterocycles. The van der Waals surface area contributed by atoms with Gasteiger partial charge in [-0.15, -0.1) is 0 Å². The molecule has 4 nitrogen and oxygen atoms in total. The van der Waals surface area contributed by atoms with Gasteiger partial charge in [0.05, 0.1) is 5.56 Å². The van der Waals surface area contributed by atoms with Gasteiger partial charge in [-0.1, -0.05) is 23.4 Å². The molecule has 2 rings (SSSR count). The Labute approximate surface area is 121 Å². The third-order valence-corrected chi connectivity index (χ3v) is 3.49. The quantitative estimate of drug-likeness (QED) is 0.367. The fourth-order valence-corrected chi connectivity index (χ4v) is 2.22. The number of benzene rings is 1. The van der Waals surface area contributed by atoms with Crippen molar-refractivity contribution < 1.29 is 18.4 Å². The Morgan fingerprint density at radius 1 is 1.38 bits per heavy atom. The second kappa shape index (κ2) is 6.34. The summed E-state index contributed by atoms with van der Waals surface area (Å²) in [4.78, 5) is 2.08. The fraction of sp³-hybridized carbons (Fsp3) is 0.500. The first kappa shape index (κ1) is 15.6. The Morgan fingerprint density at radius 2 is 2.10 bits per heavy atom. The molecule has 0 heterocycles. The number of nitrogens with zero attached hydrogens (tertiary/aromatic N) is 2. The van der Waals surface area contributed by atoms with Crippen LogP contribution in [0.3, 0.4) is 0 Å². The maximum absolute atomic E-state index is 12.7. The smallest absolute Gasteiger partial charge is 0.409 e. The van der Waals surface area contributed by atoms with E-state index in [-0.39, 0.29) is 5.84 Å². The summed E-state index contributed by atoms with van der Waals surface area (Å²) in [7, 11) is 0. The molecule has 1 aliphatic rings. The van der Waals surface area contributed by atoms with Crippen LogP contribution in [-0.2, 0) is 12.7 Å². The number of rotatable bonds is 6. The van der Waals surface area contributed by atoms with Gasteiger partial charge >= 0.3 is 6.18 Å². The summed E-state index contributed by atoms with van der Waals surface area (Å²) in [6.07, 6.45) is -1.86. The van der Waals surface area contributed by atoms with Crippen LogP contribution in [0.5, 0.6) is 0 Å². The van der Waals surface area contributed by atoms with Gasteiger partial charge < -0.3 is 10.9 Å². The van der Waals surface area contributed by atoms with Crippen molar-refractivity contribution in [2.24, 2.45) is 10.9 Å². The van der Waals surface area contributed by atoms with Crippen LogP contribution in [0.15, 0.2) is 29.4 Å². The molecule has 0 amide bonds. The standard InChI is InChI=1S/C14H18F3N3O/c15-14(16,17)11-3-1-2-10(8-11)9-20(12-4-5-12)7-6-13(18)19-21/h1-3,8,12,21H,4-7,9H2,(H2,18,19). The van der Waals surface area contributed by atoms with Gasteiger partial charge in [-0.3, -0.25) is 4.90 Å². The molecule has 0 spiro atoms. The molecule has 116 valence electrons. The van der Waals surface area contributed by atoms with E-state index in [2.05, 4.69) is 10.1 Å². The molecule has 1 saturated carbocycles. The second-order valence-electron chi connectivity index (χ2n) is 5.24. The summed E-state index contributed by atoms with van der Waals surface area (Å²) in [5.74, 6) is 0.129. The average Bonchev–Trinajstić information content (AvgIpc) is 3.27. The molecule has 1 aromatic rings. The maximum Gasteiger partial charge on any atom is 0.416 e. The van der Waals surface area contributed by atoms with Crippen LogP contribution in [0, 0.1) is 0 Å². The maximum atomic E-state index is 12.7. The molecule has 0 atom stereocenters. The normalized spacial score (nSPS) is 16.5. The first-order valence-corrected chi connectivity index (χ1v) is 6.76. The van der Waals surface area contributed by atoms with Crippen molar-refractivity contribution in [1.29, 1.82) is 0 Å². The highest BCUT2D eigenvalue weighted by molar-refractivity contribution is 5.79. The lowest BCUT2D eigenvalue weighted by Gasteiger charge is -2.22. The Hall–Kier alpha value is -1.76. The third kappa shape index (κ3) is 4.63. The zero-order valence-electron chi connectivity index (χ0n) is 11.5. The van der Waals surface area contributed by atoms with Crippen LogP contribution in [0.1, 0.15) is 30.4 Å². The largest absolute Gasteiger partial charge is 0.416 e. The number of halogens is 3. The summed E-state index contributed by atoms with van der Waals surface area (Å²) < 4.78 is 38.1. The minimum absolute atomic E-state index is 0.129. The Bertz CT molecular complexity index is 512. The fourth-order valence-electron chi connectivity index (χ4n) is 2.22. The van der Waals surface area contributed by atoms with Gasteiger partial charge in [-0.05, 0) is 24.5 Å². The van der Waals surface area contributed by atoms with Crippen molar-refractivity contribution in [1.82, 2.24) is 4.90 Å². The van der Waals surface area contributed by atoms with Crippen molar-refractivity contribution in [3.63, 3.8) is 0 Å². The van der Waals surface area contributed by atoms with Crippen LogP contribution >= 0.6 is 0 Å². The van der Waals surface area contributed by atoms with Crippen molar-refractivity contribution in [2.75, 3.05) is 6.54 Å². The number of amidine groups is 1. The predicted octanol–water partition coefficient (Wildman–Crippen LogP) is 2.81. The molecule has 1 aliphatic carbocycles. The van der Waals surface area contributed by atoms with E-state index in [0.717, 1.165) is 18.9 Å². The van der Waals surface area contributed by atoms with Crippen LogP contribution in [0.2, 0.25) is 0 Å². The number of hydrogen-bond acceptors (Lipinski definition) is 3. The van der Waals surface area contributed by atoms with Crippen LogP contribution < -0.4 is 5.73 Å². The lowest BCUT2D eigenvalue weighted by molar-refractivity contribution is -0.137. The lowest BCUT2D eigenvalue weighted by atomic mass is 10.1. The Balaban J connectivity index is 2.03. The molecule has 1 aromatic carbocycles. The van der Waals surface area contributed by atoms with Crippen molar-refractivity contribution in [3.8, 4) is 0 Å². The molecule has 3 N–H and O–H groups in total. The molecule has 0 aromatic heterocycles. The van der Waals surface area contributed by atoms with Gasteiger partial charge in [0, 0.05) is 25.6 Å². The van der Waals surface area contributed by atoms with Crippen LogP contribution in [0.25, 0.3) is 0 Å². The van der Waals surface area contributed by atoms with Crippen molar-refractivity contribution in [2.45, 2.75) is 38.0 Å². The number of hydrogen-bond donors (Lipinski definition) is 2. The van der Waals surface area contributed by atoms with Crippen LogP contribution in [0.4, 0.5) is 13.2 Å². The summed E-state index contributed by atoms with van der Waals surface area (Å²) in [6.45, 7) is 1.00. The molecule has 1 fully saturated rings. The molecule has 21 heavy (non-hydrogen) atoms. The highest BCUT2D eigenvalue weighted by atomic mass is 19.4. The van der Waals surface area contributed by atoms with E-state index >= 15 is 0 Å². The van der Waals surface area contributed by atoms with Crippen LogP contribution in [-0.4, -0.2) is 28.5 Å². The number of nitrogens with two attached hydrogens (primary N) is 1. The Kier molecular flexibility index (Phi) is 4.72. The first-order chi connectivity index (χ1) is 9.90. The van der Waals surface area contributed by atoms with E-state index in [4.69, 9.17) is 10.9 Å². The average molecular weight is 301 g/mol. The summed E-state index contributed by atoms with van der Waals surface area (Å²) in [5, 5.41) is 11.4. The molecular weight excluding hydrogens is 283 g/mol. The highest BCUT2D eigenvalue weighted by Gasteiger charge is 2.32. The van der Waals surface area contributed by atoms with E-state index in [1.807, 2.05) is 0 Å². The summed E-state index contributed by atoms with van der Waals surface area (Å²) in [6, 6.07) is 5.74. The monoisotopic (exact) mass is 301 g/mol. The van der Waals surface area contributed by atoms with E-state index in [1.165, 1.54) is 12.1 Å². The van der Waals surface area contributed by atoms with Gasteiger partial charge in [0.15, 0.2) is 0 Å². The predicted molar refractivity (Wildman–Crippen MR) is 72.9 cm³/mol. The third-order valence-electron chi connectivity index (χ3n) is 3.49.